The van der Waals surface area contributed by atoms with Gasteiger partial charge in [0.05, 0.1) is 0 Å². The van der Waals surface area contributed by atoms with E-state index < -0.39 is 12.0 Å². The number of benzene rings is 1. The minimum Gasteiger partial charge on any atom is -0.480 e. The molecule has 1 aliphatic heterocycles. The molecule has 0 aromatic heterocycles. The average molecular weight is 360 g/mol. The van der Waals surface area contributed by atoms with Crippen LogP contribution >= 0.6 is 0 Å². The topological polar surface area (TPSA) is 64.0 Å². The van der Waals surface area contributed by atoms with Gasteiger partial charge in [0.2, 0.25) is 0 Å². The molecule has 2 N–H and O–H groups in total. The Hall–Kier alpha value is -1.43. The van der Waals surface area contributed by atoms with Crippen molar-refractivity contribution in [3.05, 3.63) is 35.4 Å². The van der Waals surface area contributed by atoms with Crippen LogP contribution in [0, 0.1) is 0 Å². The molecule has 0 bridgehead atoms. The largest absolute Gasteiger partial charge is 0.480 e. The smallest absolute Gasteiger partial charge is 0.325 e. The van der Waals surface area contributed by atoms with Gasteiger partial charge in [-0.2, -0.15) is 0 Å². The summed E-state index contributed by atoms with van der Waals surface area (Å²) in [5, 5.41) is 18.8. The summed E-state index contributed by atoms with van der Waals surface area (Å²) >= 11 is 0. The summed E-state index contributed by atoms with van der Waals surface area (Å²) < 4.78 is 0. The molecule has 5 nitrogen and oxygen atoms in total. The minimum atomic E-state index is -0.765. The zero-order chi connectivity index (χ0) is 18.4. The van der Waals surface area contributed by atoms with Crippen LogP contribution in [0.3, 0.4) is 0 Å². The van der Waals surface area contributed by atoms with Crippen molar-refractivity contribution in [3.8, 4) is 0 Å². The van der Waals surface area contributed by atoms with Crippen LogP contribution in [0.4, 0.5) is 0 Å². The highest BCUT2D eigenvalue weighted by atomic mass is 16.4. The van der Waals surface area contributed by atoms with Crippen LogP contribution in [0.1, 0.15) is 55.7 Å². The van der Waals surface area contributed by atoms with E-state index in [1.807, 2.05) is 24.3 Å². The third-order valence-electron chi connectivity index (χ3n) is 5.96. The fraction of sp³-hybridized carbons (Fsp3) is 0.667. The highest BCUT2D eigenvalue weighted by Crippen LogP contribution is 2.27. The lowest BCUT2D eigenvalue weighted by Crippen LogP contribution is -2.52. The van der Waals surface area contributed by atoms with Crippen molar-refractivity contribution in [1.29, 1.82) is 0 Å². The van der Waals surface area contributed by atoms with Crippen LogP contribution in [0.2, 0.25) is 0 Å². The number of rotatable bonds is 7. The van der Waals surface area contributed by atoms with Crippen molar-refractivity contribution in [2.45, 2.75) is 57.0 Å². The second kappa shape index (κ2) is 9.49. The maximum atomic E-state index is 12.0. The molecule has 1 heterocycles. The van der Waals surface area contributed by atoms with Crippen LogP contribution in [0.5, 0.6) is 0 Å². The first kappa shape index (κ1) is 19.3. The van der Waals surface area contributed by atoms with E-state index in [2.05, 4.69) is 9.80 Å². The summed E-state index contributed by atoms with van der Waals surface area (Å²) in [6, 6.07) is 8.03. The Balaban J connectivity index is 1.60. The summed E-state index contributed by atoms with van der Waals surface area (Å²) in [7, 11) is 0. The number of aliphatic carboxylic acids is 1. The van der Waals surface area contributed by atoms with E-state index in [-0.39, 0.29) is 6.61 Å². The Bertz CT molecular complexity index is 561. The normalized spacial score (nSPS) is 21.6. The maximum absolute atomic E-state index is 12.0. The van der Waals surface area contributed by atoms with Crippen molar-refractivity contribution >= 4 is 5.97 Å². The molecule has 3 rings (SSSR count). The molecular weight excluding hydrogens is 328 g/mol. The van der Waals surface area contributed by atoms with Crippen LogP contribution in [0.25, 0.3) is 0 Å². The fourth-order valence-corrected chi connectivity index (χ4v) is 4.47. The molecule has 5 heteroatoms. The van der Waals surface area contributed by atoms with Crippen molar-refractivity contribution in [1.82, 2.24) is 9.80 Å². The SMILES string of the molecule is O=C(O)[C@@H](c1ccc(CCCO)cc1)N1CCN(C2CCCCC2)CC1. The Morgan fingerprint density at radius 3 is 2.27 bits per heavy atom. The highest BCUT2D eigenvalue weighted by molar-refractivity contribution is 5.75. The van der Waals surface area contributed by atoms with Gasteiger partial charge in [-0.25, -0.2) is 0 Å². The molecular formula is C21H32N2O3. The lowest BCUT2D eigenvalue weighted by molar-refractivity contribution is -0.144. The summed E-state index contributed by atoms with van der Waals surface area (Å²) in [4.78, 5) is 16.6. The van der Waals surface area contributed by atoms with E-state index in [1.165, 1.54) is 32.1 Å². The lowest BCUT2D eigenvalue weighted by atomic mass is 9.93. The van der Waals surface area contributed by atoms with Crippen molar-refractivity contribution in [3.63, 3.8) is 0 Å². The average Bonchev–Trinajstić information content (AvgIpc) is 2.68. The summed E-state index contributed by atoms with van der Waals surface area (Å²) in [5.74, 6) is -0.765. The van der Waals surface area contributed by atoms with Crippen molar-refractivity contribution < 1.29 is 15.0 Å². The Kier molecular flexibility index (Phi) is 7.06. The van der Waals surface area contributed by atoms with E-state index in [0.717, 1.165) is 50.1 Å². The van der Waals surface area contributed by atoms with Gasteiger partial charge in [0, 0.05) is 38.8 Å². The second-order valence-electron chi connectivity index (χ2n) is 7.67. The Morgan fingerprint density at radius 2 is 1.69 bits per heavy atom. The number of hydrogen-bond donors (Lipinski definition) is 2. The van der Waals surface area contributed by atoms with Crippen LogP contribution in [0.15, 0.2) is 24.3 Å². The standard InChI is InChI=1S/C21H32N2O3/c24-16-4-5-17-8-10-18(11-9-17)20(21(25)26)23-14-12-22(13-15-23)19-6-2-1-3-7-19/h8-11,19-20,24H,1-7,12-16H2,(H,25,26)/t20-/m1/s1. The van der Waals surface area contributed by atoms with E-state index in [0.29, 0.717) is 6.04 Å². The van der Waals surface area contributed by atoms with Crippen molar-refractivity contribution in [2.24, 2.45) is 0 Å². The van der Waals surface area contributed by atoms with Gasteiger partial charge < -0.3 is 10.2 Å². The summed E-state index contributed by atoms with van der Waals surface area (Å²) in [6.07, 6.45) is 8.22. The molecule has 144 valence electrons. The van der Waals surface area contributed by atoms with E-state index in [9.17, 15) is 9.90 Å². The van der Waals surface area contributed by atoms with E-state index in [1.54, 1.807) is 0 Å². The van der Waals surface area contributed by atoms with Gasteiger partial charge in [-0.3, -0.25) is 14.6 Å². The van der Waals surface area contributed by atoms with Gasteiger partial charge in [-0.05, 0) is 36.8 Å². The first-order chi connectivity index (χ1) is 12.7. The first-order valence-corrected chi connectivity index (χ1v) is 10.1. The number of carboxylic acid groups (broad SMARTS) is 1. The molecule has 0 amide bonds. The number of aryl methyl sites for hydroxylation is 1. The van der Waals surface area contributed by atoms with Gasteiger partial charge in [-0.1, -0.05) is 43.5 Å². The Labute approximate surface area is 156 Å². The number of carbonyl (C=O) groups is 1. The van der Waals surface area contributed by atoms with Crippen LogP contribution in [-0.2, 0) is 11.2 Å². The number of nitrogens with zero attached hydrogens (tertiary/aromatic N) is 2. The van der Waals surface area contributed by atoms with E-state index >= 15 is 0 Å². The van der Waals surface area contributed by atoms with Gasteiger partial charge >= 0.3 is 5.97 Å². The van der Waals surface area contributed by atoms with E-state index in [4.69, 9.17) is 5.11 Å². The number of piperazine rings is 1. The van der Waals surface area contributed by atoms with Gasteiger partial charge in [0.1, 0.15) is 6.04 Å². The third-order valence-corrected chi connectivity index (χ3v) is 5.96. The van der Waals surface area contributed by atoms with Gasteiger partial charge in [0.15, 0.2) is 0 Å². The monoisotopic (exact) mass is 360 g/mol. The molecule has 1 atom stereocenters. The van der Waals surface area contributed by atoms with Crippen LogP contribution < -0.4 is 0 Å². The van der Waals surface area contributed by atoms with Crippen LogP contribution in [-0.4, -0.2) is 64.8 Å². The highest BCUT2D eigenvalue weighted by Gasteiger charge is 2.32. The molecule has 0 unspecified atom stereocenters. The van der Waals surface area contributed by atoms with Crippen molar-refractivity contribution in [2.75, 3.05) is 32.8 Å². The molecule has 1 aromatic rings. The molecule has 26 heavy (non-hydrogen) atoms. The minimum absolute atomic E-state index is 0.185. The number of aliphatic hydroxyl groups excluding tert-OH is 1. The third kappa shape index (κ3) is 4.84. The predicted molar refractivity (Wildman–Crippen MR) is 102 cm³/mol. The number of carboxylic acids is 1. The zero-order valence-electron chi connectivity index (χ0n) is 15.6. The molecule has 1 saturated carbocycles. The molecule has 1 aromatic carbocycles. The molecule has 0 spiro atoms. The first-order valence-electron chi connectivity index (χ1n) is 10.1. The molecule has 0 radical (unpaired) electrons. The van der Waals surface area contributed by atoms with Gasteiger partial charge in [-0.15, -0.1) is 0 Å². The second-order valence-corrected chi connectivity index (χ2v) is 7.67. The lowest BCUT2D eigenvalue weighted by Gasteiger charge is -2.42. The summed E-state index contributed by atoms with van der Waals surface area (Å²) in [5.41, 5.74) is 2.01. The zero-order valence-corrected chi connectivity index (χ0v) is 15.6. The molecule has 1 saturated heterocycles. The number of hydrogen-bond acceptors (Lipinski definition) is 4. The molecule has 2 fully saturated rings. The van der Waals surface area contributed by atoms with Gasteiger partial charge in [0.25, 0.3) is 0 Å². The maximum Gasteiger partial charge on any atom is 0.325 e. The Morgan fingerprint density at radius 1 is 1.04 bits per heavy atom. The molecule has 2 aliphatic rings. The fourth-order valence-electron chi connectivity index (χ4n) is 4.47. The number of aliphatic hydroxyl groups is 1. The molecule has 1 aliphatic carbocycles. The summed E-state index contributed by atoms with van der Waals surface area (Å²) in [6.45, 7) is 3.77. The quantitative estimate of drug-likeness (QED) is 0.783. The predicted octanol–water partition coefficient (Wildman–Crippen LogP) is 2.69.